The van der Waals surface area contributed by atoms with Crippen molar-refractivity contribution in [3.63, 3.8) is 0 Å². The molecule has 0 saturated carbocycles. The van der Waals surface area contributed by atoms with Crippen LogP contribution in [0, 0.1) is 0 Å². The van der Waals surface area contributed by atoms with Gasteiger partial charge in [0.15, 0.2) is 17.3 Å². The van der Waals surface area contributed by atoms with Crippen LogP contribution in [-0.4, -0.2) is 43.2 Å². The lowest BCUT2D eigenvalue weighted by Crippen LogP contribution is -2.34. The minimum Gasteiger partial charge on any atom is -0.493 e. The van der Waals surface area contributed by atoms with Crippen LogP contribution in [0.5, 0.6) is 11.5 Å². The molecule has 1 atom stereocenters. The summed E-state index contributed by atoms with van der Waals surface area (Å²) >= 11 is 1.47. The van der Waals surface area contributed by atoms with E-state index in [4.69, 9.17) is 21.3 Å². The number of rotatable bonds is 13. The molecule has 0 aliphatic heterocycles. The first kappa shape index (κ1) is 25.3. The van der Waals surface area contributed by atoms with Crippen molar-refractivity contribution in [1.29, 1.82) is 0 Å². The first-order valence-corrected chi connectivity index (χ1v) is 13.2. The highest BCUT2D eigenvalue weighted by molar-refractivity contribution is 7.20. The zero-order valence-electron chi connectivity index (χ0n) is 22.3. The number of thiophene rings is 1. The van der Waals surface area contributed by atoms with Crippen LogP contribution in [-0.2, 0) is 23.0 Å². The molecule has 4 aromatic rings. The number of hydrogen-bond donors (Lipinski definition) is 1. The number of unbranched alkanes of at least 4 members (excludes halogenated alkanes) is 3. The van der Waals surface area contributed by atoms with Gasteiger partial charge in [0.2, 0.25) is 0 Å². The molecular formula is C29H34N2O5S. The van der Waals surface area contributed by atoms with Gasteiger partial charge in [-0.25, -0.2) is 0 Å². The van der Waals surface area contributed by atoms with Crippen molar-refractivity contribution in [3.8, 4) is 11.5 Å². The number of esters is 1. The normalized spacial score (nSPS) is 12.5. The van der Waals surface area contributed by atoms with Crippen LogP contribution in [0.25, 0.3) is 21.0 Å². The highest BCUT2D eigenvalue weighted by atomic mass is 32.1. The monoisotopic (exact) mass is 523 g/mol. The molecule has 0 fully saturated rings. The second-order valence-corrected chi connectivity index (χ2v) is 10.1. The molecule has 4 rings (SSSR count). The SMILES string of the molecule is [2H]Cn1cc(C[C@H](N)C(=O)OCCCCCCC(=O)c2cc3cc(OC)c(OC)cc3s2)c2ccccc21. The zero-order chi connectivity index (χ0) is 27.1. The molecule has 37 heavy (non-hydrogen) atoms. The number of Topliss-reactive ketones (excluding diaryl/α,β-unsaturated/α-hetero) is 1. The maximum atomic E-state index is 12.7. The van der Waals surface area contributed by atoms with E-state index in [9.17, 15) is 9.59 Å². The summed E-state index contributed by atoms with van der Waals surface area (Å²) in [6.07, 6.45) is 6.00. The van der Waals surface area contributed by atoms with E-state index in [2.05, 4.69) is 0 Å². The van der Waals surface area contributed by atoms with Gasteiger partial charge in [-0.2, -0.15) is 0 Å². The lowest BCUT2D eigenvalue weighted by Gasteiger charge is -2.11. The van der Waals surface area contributed by atoms with Gasteiger partial charge >= 0.3 is 5.97 Å². The van der Waals surface area contributed by atoms with Gasteiger partial charge in [-0.1, -0.05) is 31.0 Å². The van der Waals surface area contributed by atoms with Crippen molar-refractivity contribution in [2.75, 3.05) is 20.8 Å². The van der Waals surface area contributed by atoms with E-state index in [1.165, 1.54) is 11.3 Å². The van der Waals surface area contributed by atoms with Crippen molar-refractivity contribution in [3.05, 3.63) is 59.1 Å². The second kappa shape index (κ2) is 12.3. The largest absolute Gasteiger partial charge is 0.493 e. The standard InChI is InChI=1S/C29H34N2O5S/c1-31-18-20(21-10-7-8-11-23(21)31)14-22(30)29(33)36-13-9-5-4-6-12-24(32)28-16-19-15-25(34-2)26(35-3)17-27(19)37-28/h7-8,10-11,15-18,22H,4-6,9,12-14,30H2,1-3H3/t22-/m0/s1/i1D. The van der Waals surface area contributed by atoms with Crippen molar-refractivity contribution in [2.24, 2.45) is 12.8 Å². The van der Waals surface area contributed by atoms with Gasteiger partial charge in [0.25, 0.3) is 0 Å². The predicted octanol–water partition coefficient (Wildman–Crippen LogP) is 5.66. The Bertz CT molecular complexity index is 1370. The van der Waals surface area contributed by atoms with Gasteiger partial charge in [0.05, 0.1) is 25.7 Å². The number of aromatic nitrogens is 1. The van der Waals surface area contributed by atoms with Gasteiger partial charge in [0, 0.05) is 49.1 Å². The third-order valence-electron chi connectivity index (χ3n) is 6.45. The minimum absolute atomic E-state index is 0.111. The number of benzene rings is 2. The number of fused-ring (bicyclic) bond motifs is 2. The number of nitrogens with two attached hydrogens (primary N) is 1. The van der Waals surface area contributed by atoms with Crippen molar-refractivity contribution in [1.82, 2.24) is 4.57 Å². The van der Waals surface area contributed by atoms with Crippen molar-refractivity contribution < 1.29 is 25.2 Å². The van der Waals surface area contributed by atoms with E-state index >= 15 is 0 Å². The third-order valence-corrected chi connectivity index (χ3v) is 7.59. The molecule has 0 aliphatic carbocycles. The van der Waals surface area contributed by atoms with Crippen LogP contribution >= 0.6 is 11.3 Å². The molecule has 0 unspecified atom stereocenters. The molecule has 0 bridgehead atoms. The molecule has 2 N–H and O–H groups in total. The van der Waals surface area contributed by atoms with Crippen LogP contribution in [0.1, 0.15) is 48.7 Å². The average molecular weight is 524 g/mol. The fraction of sp³-hybridized carbons (Fsp3) is 0.379. The molecule has 2 heterocycles. The van der Waals surface area contributed by atoms with Crippen LogP contribution in [0.2, 0.25) is 0 Å². The van der Waals surface area contributed by atoms with E-state index in [-0.39, 0.29) is 12.8 Å². The van der Waals surface area contributed by atoms with E-state index in [0.717, 1.165) is 57.1 Å². The van der Waals surface area contributed by atoms with Gasteiger partial charge < -0.3 is 24.5 Å². The van der Waals surface area contributed by atoms with Gasteiger partial charge in [-0.3, -0.25) is 9.59 Å². The fourth-order valence-electron chi connectivity index (χ4n) is 4.45. The Morgan fingerprint density at radius 3 is 2.59 bits per heavy atom. The van der Waals surface area contributed by atoms with Crippen LogP contribution in [0.15, 0.2) is 48.7 Å². The Labute approximate surface area is 222 Å². The highest BCUT2D eigenvalue weighted by Gasteiger charge is 2.18. The number of hydrogen-bond acceptors (Lipinski definition) is 7. The quantitative estimate of drug-likeness (QED) is 0.138. The maximum Gasteiger partial charge on any atom is 0.323 e. The molecule has 0 aliphatic rings. The van der Waals surface area contributed by atoms with Crippen LogP contribution in [0.3, 0.4) is 0 Å². The summed E-state index contributed by atoms with van der Waals surface area (Å²) in [5, 5.41) is 1.98. The summed E-state index contributed by atoms with van der Waals surface area (Å²) in [6, 6.07) is 12.8. The zero-order valence-corrected chi connectivity index (χ0v) is 22.1. The van der Waals surface area contributed by atoms with E-state index < -0.39 is 12.0 Å². The Kier molecular flexibility index (Phi) is 8.38. The van der Waals surface area contributed by atoms with Gasteiger partial charge in [-0.15, -0.1) is 11.3 Å². The molecule has 2 aromatic heterocycles. The number of para-hydroxylation sites is 1. The molecule has 196 valence electrons. The van der Waals surface area contributed by atoms with E-state index in [1.807, 2.05) is 53.2 Å². The minimum atomic E-state index is -0.751. The maximum absolute atomic E-state index is 12.7. The predicted molar refractivity (Wildman–Crippen MR) is 148 cm³/mol. The van der Waals surface area contributed by atoms with Crippen LogP contribution < -0.4 is 15.2 Å². The first-order valence-electron chi connectivity index (χ1n) is 13.1. The topological polar surface area (TPSA) is 92.8 Å². The number of carbonyl (C=O) groups is 2. The summed E-state index contributed by atoms with van der Waals surface area (Å²) in [7, 11) is 3.31. The third kappa shape index (κ3) is 6.32. The summed E-state index contributed by atoms with van der Waals surface area (Å²) in [6.45, 7) is 0.314. The number of carbonyl (C=O) groups excluding carboxylic acids is 2. The Morgan fingerprint density at radius 2 is 1.81 bits per heavy atom. The van der Waals surface area contributed by atoms with Crippen molar-refractivity contribution >= 4 is 44.1 Å². The summed E-state index contributed by atoms with van der Waals surface area (Å²) in [4.78, 5) is 25.8. The lowest BCUT2D eigenvalue weighted by atomic mass is 10.1. The Morgan fingerprint density at radius 1 is 1.05 bits per heavy atom. The van der Waals surface area contributed by atoms with Crippen molar-refractivity contribution in [2.45, 2.75) is 44.6 Å². The number of aryl methyl sites for hydroxylation is 1. The Balaban J connectivity index is 1.16. The molecule has 8 heteroatoms. The Hall–Kier alpha value is -3.36. The second-order valence-electron chi connectivity index (χ2n) is 9.06. The summed E-state index contributed by atoms with van der Waals surface area (Å²) in [5.41, 5.74) is 8.03. The average Bonchev–Trinajstić information content (AvgIpc) is 3.52. The number of ether oxygens (including phenoxy) is 3. The molecule has 7 nitrogen and oxygen atoms in total. The molecule has 0 saturated heterocycles. The number of nitrogens with zero attached hydrogens (tertiary/aromatic N) is 1. The number of methoxy groups -OCH3 is 2. The van der Waals surface area contributed by atoms with E-state index in [0.29, 0.717) is 30.9 Å². The van der Waals surface area contributed by atoms with Gasteiger partial charge in [0.1, 0.15) is 6.04 Å². The molecule has 0 amide bonds. The molecule has 0 spiro atoms. The van der Waals surface area contributed by atoms with E-state index in [1.54, 1.807) is 14.2 Å². The lowest BCUT2D eigenvalue weighted by molar-refractivity contribution is -0.145. The highest BCUT2D eigenvalue weighted by Crippen LogP contribution is 2.36. The first-order chi connectivity index (χ1) is 18.4. The summed E-state index contributed by atoms with van der Waals surface area (Å²) < 4.78 is 26.6. The van der Waals surface area contributed by atoms with Gasteiger partial charge in [-0.05, 0) is 42.0 Å². The molecule has 0 radical (unpaired) electrons. The van der Waals surface area contributed by atoms with Crippen LogP contribution in [0.4, 0.5) is 0 Å². The molecular weight excluding hydrogens is 488 g/mol. The molecule has 2 aromatic carbocycles. The number of ketones is 1. The fourth-order valence-corrected chi connectivity index (χ4v) is 5.49. The smallest absolute Gasteiger partial charge is 0.323 e. The summed E-state index contributed by atoms with van der Waals surface area (Å²) in [5.74, 6) is 1.02.